The fourth-order valence-electron chi connectivity index (χ4n) is 5.42. The van der Waals surface area contributed by atoms with E-state index in [1.807, 2.05) is 31.2 Å². The molecular formula is C35H34ClN3O7S2. The highest BCUT2D eigenvalue weighted by Gasteiger charge is 2.48. The maximum atomic E-state index is 13.8. The number of nitrogens with zero attached hydrogens (tertiary/aromatic N) is 3. The van der Waals surface area contributed by atoms with Crippen LogP contribution in [0.3, 0.4) is 0 Å². The Bertz CT molecular complexity index is 1850. The highest BCUT2D eigenvalue weighted by molar-refractivity contribution is 8.00. The van der Waals surface area contributed by atoms with Gasteiger partial charge in [-0.1, -0.05) is 78.7 Å². The number of Topliss-reactive ketones (excluding diaryl/α,β-unsaturated/α-hetero) is 1. The quantitative estimate of drug-likeness (QED) is 0.0367. The van der Waals surface area contributed by atoms with Crippen molar-refractivity contribution in [2.24, 2.45) is 0 Å². The highest BCUT2D eigenvalue weighted by atomic mass is 35.5. The van der Waals surface area contributed by atoms with E-state index < -0.39 is 17.7 Å². The fourth-order valence-corrected chi connectivity index (χ4v) is 7.57. The number of hydrogen-bond donors (Lipinski definition) is 1. The third-order valence-electron chi connectivity index (χ3n) is 7.76. The van der Waals surface area contributed by atoms with Crippen LogP contribution in [0.4, 0.5) is 5.13 Å². The number of hydrogen-bond acceptors (Lipinski definition) is 11. The summed E-state index contributed by atoms with van der Waals surface area (Å²) in [6.45, 7) is 5.64. The average Bonchev–Trinajstić information content (AvgIpc) is 3.67. The number of fused-ring (bicyclic) bond motifs is 1. The molecule has 1 unspecified atom stereocenters. The van der Waals surface area contributed by atoms with E-state index in [0.29, 0.717) is 75.7 Å². The second-order valence-corrected chi connectivity index (χ2v) is 13.5. The number of unbranched alkanes of at least 4 members (excludes halogenated alkanes) is 2. The molecule has 0 radical (unpaired) electrons. The van der Waals surface area contributed by atoms with Gasteiger partial charge >= 0.3 is 5.91 Å². The molecule has 2 aliphatic rings. The second-order valence-electron chi connectivity index (χ2n) is 11.0. The van der Waals surface area contributed by atoms with Gasteiger partial charge in [0.1, 0.15) is 19.0 Å². The Morgan fingerprint density at radius 2 is 1.81 bits per heavy atom. The predicted octanol–water partition coefficient (Wildman–Crippen LogP) is 7.85. The van der Waals surface area contributed by atoms with E-state index in [1.165, 1.54) is 28.0 Å². The standard InChI is InChI=1S/C35H34ClN3O7S2/c1-3-5-8-15-44-25-13-11-21(18-27(25)43-4-2)30-29(31(40)22-12-14-26-28(19-22)46-17-16-45-26)32(41)33(42)39(30)34-37-38-35(48-34)47-20-23-9-6-7-10-24(23)36/h6-7,9-14,18-19,30,40H,3-5,8,15-17,20H2,1-2H3. The van der Waals surface area contributed by atoms with E-state index in [2.05, 4.69) is 17.1 Å². The van der Waals surface area contributed by atoms with Crippen LogP contribution in [-0.4, -0.2) is 53.4 Å². The molecule has 1 N–H and O–H groups in total. The van der Waals surface area contributed by atoms with Crippen molar-refractivity contribution in [3.8, 4) is 23.0 Å². The van der Waals surface area contributed by atoms with Crippen LogP contribution in [0.2, 0.25) is 5.02 Å². The third kappa shape index (κ3) is 7.11. The molecule has 4 aromatic rings. The SMILES string of the molecule is CCCCCOc1ccc(C2C(=C(O)c3ccc4c(c3)OCCO4)C(=O)C(=O)N2c2nnc(SCc3ccccc3Cl)s2)cc1OCC. The Kier molecular flexibility index (Phi) is 10.7. The van der Waals surface area contributed by atoms with Crippen molar-refractivity contribution in [1.29, 1.82) is 0 Å². The molecular weight excluding hydrogens is 674 g/mol. The van der Waals surface area contributed by atoms with Crippen molar-refractivity contribution in [2.75, 3.05) is 31.3 Å². The number of benzene rings is 3. The molecule has 0 saturated carbocycles. The van der Waals surface area contributed by atoms with E-state index in [4.69, 9.17) is 30.5 Å². The van der Waals surface area contributed by atoms with Crippen LogP contribution in [-0.2, 0) is 15.3 Å². The van der Waals surface area contributed by atoms with Gasteiger partial charge in [-0.25, -0.2) is 0 Å². The van der Waals surface area contributed by atoms with Crippen molar-refractivity contribution in [3.63, 3.8) is 0 Å². The Balaban J connectivity index is 1.40. The van der Waals surface area contributed by atoms with Gasteiger partial charge in [0, 0.05) is 16.3 Å². The monoisotopic (exact) mass is 707 g/mol. The summed E-state index contributed by atoms with van der Waals surface area (Å²) in [5.41, 5.74) is 1.66. The van der Waals surface area contributed by atoms with Gasteiger partial charge in [-0.15, -0.1) is 10.2 Å². The summed E-state index contributed by atoms with van der Waals surface area (Å²) in [7, 11) is 0. The van der Waals surface area contributed by atoms with Gasteiger partial charge in [-0.05, 0) is 60.9 Å². The smallest absolute Gasteiger partial charge is 0.301 e. The van der Waals surface area contributed by atoms with Gasteiger partial charge in [0.25, 0.3) is 5.78 Å². The molecule has 0 spiro atoms. The number of aromatic nitrogens is 2. The minimum Gasteiger partial charge on any atom is -0.507 e. The lowest BCUT2D eigenvalue weighted by atomic mass is 9.95. The lowest BCUT2D eigenvalue weighted by Gasteiger charge is -2.24. The normalized spacial score (nSPS) is 16.7. The number of amides is 1. The summed E-state index contributed by atoms with van der Waals surface area (Å²) in [5.74, 6) is 0.470. The summed E-state index contributed by atoms with van der Waals surface area (Å²) in [4.78, 5) is 28.9. The summed E-state index contributed by atoms with van der Waals surface area (Å²) >= 11 is 8.94. The van der Waals surface area contributed by atoms with Gasteiger partial charge in [0.05, 0.1) is 24.8 Å². The Morgan fingerprint density at radius 1 is 1.00 bits per heavy atom. The number of aliphatic hydroxyl groups excluding tert-OH is 1. The van der Waals surface area contributed by atoms with Crippen molar-refractivity contribution in [1.82, 2.24) is 10.2 Å². The fraction of sp³-hybridized carbons (Fsp3) is 0.314. The predicted molar refractivity (Wildman–Crippen MR) is 186 cm³/mol. The minimum atomic E-state index is -1.04. The van der Waals surface area contributed by atoms with E-state index in [0.717, 1.165) is 24.8 Å². The maximum Gasteiger partial charge on any atom is 0.301 e. The van der Waals surface area contributed by atoms with Gasteiger partial charge in [0.2, 0.25) is 5.13 Å². The number of halogens is 1. The number of ketones is 1. The average molecular weight is 708 g/mol. The molecule has 0 bridgehead atoms. The Morgan fingerprint density at radius 3 is 2.60 bits per heavy atom. The minimum absolute atomic E-state index is 0.101. The molecule has 1 saturated heterocycles. The van der Waals surface area contributed by atoms with Gasteiger partial charge in [-0.2, -0.15) is 0 Å². The lowest BCUT2D eigenvalue weighted by molar-refractivity contribution is -0.132. The number of carbonyl (C=O) groups is 2. The molecule has 1 amide bonds. The summed E-state index contributed by atoms with van der Waals surface area (Å²) in [6.07, 6.45) is 3.00. The summed E-state index contributed by atoms with van der Waals surface area (Å²) in [6, 6.07) is 16.7. The van der Waals surface area contributed by atoms with Crippen LogP contribution in [0.5, 0.6) is 23.0 Å². The van der Waals surface area contributed by atoms with Crippen molar-refractivity contribution in [3.05, 3.63) is 87.9 Å². The van der Waals surface area contributed by atoms with Gasteiger partial charge < -0.3 is 24.1 Å². The first kappa shape index (κ1) is 33.6. The van der Waals surface area contributed by atoms with E-state index in [-0.39, 0.29) is 16.5 Å². The first-order valence-electron chi connectivity index (χ1n) is 15.7. The molecule has 1 fully saturated rings. The molecule has 3 aromatic carbocycles. The maximum absolute atomic E-state index is 13.8. The van der Waals surface area contributed by atoms with Gasteiger partial charge in [-0.3, -0.25) is 14.5 Å². The first-order valence-corrected chi connectivity index (χ1v) is 17.9. The summed E-state index contributed by atoms with van der Waals surface area (Å²) in [5, 5.41) is 21.2. The van der Waals surface area contributed by atoms with Crippen molar-refractivity contribution >= 4 is 57.3 Å². The third-order valence-corrected chi connectivity index (χ3v) is 10.2. The molecule has 3 heterocycles. The largest absolute Gasteiger partial charge is 0.507 e. The van der Waals surface area contributed by atoms with Crippen LogP contribution in [0, 0.1) is 0 Å². The molecule has 10 nitrogen and oxygen atoms in total. The Labute approximate surface area is 291 Å². The number of aliphatic hydroxyl groups is 1. The molecule has 2 aliphatic heterocycles. The molecule has 6 rings (SSSR count). The zero-order valence-corrected chi connectivity index (χ0v) is 28.8. The van der Waals surface area contributed by atoms with Crippen LogP contribution in [0.15, 0.2) is 70.6 Å². The summed E-state index contributed by atoms with van der Waals surface area (Å²) < 4.78 is 23.9. The van der Waals surface area contributed by atoms with Crippen LogP contribution < -0.4 is 23.8 Å². The van der Waals surface area contributed by atoms with Crippen molar-refractivity contribution < 1.29 is 33.6 Å². The van der Waals surface area contributed by atoms with Gasteiger partial charge in [0.15, 0.2) is 27.3 Å². The topological polar surface area (TPSA) is 120 Å². The number of ether oxygens (including phenoxy) is 4. The number of rotatable bonds is 13. The lowest BCUT2D eigenvalue weighted by Crippen LogP contribution is -2.29. The van der Waals surface area contributed by atoms with Crippen LogP contribution in [0.25, 0.3) is 5.76 Å². The molecule has 0 aliphatic carbocycles. The van der Waals surface area contributed by atoms with Crippen molar-refractivity contribution in [2.45, 2.75) is 49.2 Å². The first-order chi connectivity index (χ1) is 23.4. The zero-order valence-electron chi connectivity index (χ0n) is 26.4. The number of carbonyl (C=O) groups excluding carboxylic acids is 2. The van der Waals surface area contributed by atoms with E-state index in [1.54, 1.807) is 36.4 Å². The second kappa shape index (κ2) is 15.3. The molecule has 1 atom stereocenters. The molecule has 1 aromatic heterocycles. The Hall–Kier alpha value is -4.26. The number of thioether (sulfide) groups is 1. The van der Waals surface area contributed by atoms with Crippen LogP contribution in [0.1, 0.15) is 55.8 Å². The van der Waals surface area contributed by atoms with E-state index >= 15 is 0 Å². The molecule has 48 heavy (non-hydrogen) atoms. The zero-order chi connectivity index (χ0) is 33.6. The number of anilines is 1. The van der Waals surface area contributed by atoms with E-state index in [9.17, 15) is 14.7 Å². The molecule has 13 heteroatoms. The highest BCUT2D eigenvalue weighted by Crippen LogP contribution is 2.46. The van der Waals surface area contributed by atoms with Crippen LogP contribution >= 0.6 is 34.7 Å². The molecule has 250 valence electrons.